The van der Waals surface area contributed by atoms with Crippen molar-refractivity contribution >= 4 is 6.03 Å². The fourth-order valence-electron chi connectivity index (χ4n) is 6.26. The molecule has 3 N–H and O–H groups in total. The largest absolute Gasteiger partial charge is 0.385 e. The van der Waals surface area contributed by atoms with Crippen LogP contribution in [0.25, 0.3) is 0 Å². The molecule has 2 amide bonds. The molecular weight excluding hydrogens is 476 g/mol. The molecular formula is C29H47F2N3O3. The molecule has 3 rings (SSSR count). The number of unbranched alkanes of at least 4 members (excludes halogenated alkanes) is 1. The number of ether oxygens (including phenoxy) is 1. The third-order valence-electron chi connectivity index (χ3n) is 8.49. The Morgan fingerprint density at radius 3 is 2.68 bits per heavy atom. The van der Waals surface area contributed by atoms with Gasteiger partial charge in [-0.25, -0.2) is 13.6 Å². The summed E-state index contributed by atoms with van der Waals surface area (Å²) in [5.74, 6) is -0.958. The second-order valence-electron chi connectivity index (χ2n) is 11.3. The number of carbonyl (C=O) groups excluding carboxylic acids is 1. The molecule has 1 heterocycles. The minimum absolute atomic E-state index is 0.0169. The Morgan fingerprint density at radius 2 is 1.97 bits per heavy atom. The molecule has 1 aliphatic carbocycles. The summed E-state index contributed by atoms with van der Waals surface area (Å²) in [6.45, 7) is 4.43. The van der Waals surface area contributed by atoms with Gasteiger partial charge in [0.15, 0.2) is 11.6 Å². The molecule has 3 atom stereocenters. The molecule has 1 aromatic rings. The minimum Gasteiger partial charge on any atom is -0.385 e. The maximum Gasteiger partial charge on any atom is 0.317 e. The van der Waals surface area contributed by atoms with Crippen molar-refractivity contribution in [2.24, 2.45) is 17.8 Å². The second-order valence-corrected chi connectivity index (χ2v) is 11.3. The quantitative estimate of drug-likeness (QED) is 0.330. The SMILES string of the molecule is CNCC(CC1CCC(C)CC1)NC(=O)N1CCCC(C(O)(CCCCOC)c2cccc(F)c2F)C1. The van der Waals surface area contributed by atoms with Gasteiger partial charge in [0.1, 0.15) is 0 Å². The van der Waals surface area contributed by atoms with Gasteiger partial charge >= 0.3 is 6.03 Å². The van der Waals surface area contributed by atoms with Gasteiger partial charge in [-0.1, -0.05) is 44.7 Å². The summed E-state index contributed by atoms with van der Waals surface area (Å²) in [6.07, 6.45) is 8.79. The van der Waals surface area contributed by atoms with Crippen LogP contribution in [0.4, 0.5) is 13.6 Å². The average Bonchev–Trinajstić information content (AvgIpc) is 2.89. The van der Waals surface area contributed by atoms with Gasteiger partial charge in [-0.2, -0.15) is 0 Å². The Balaban J connectivity index is 1.70. The normalized spacial score (nSPS) is 24.9. The lowest BCUT2D eigenvalue weighted by molar-refractivity contribution is -0.0591. The van der Waals surface area contributed by atoms with E-state index < -0.39 is 23.2 Å². The maximum atomic E-state index is 14.9. The topological polar surface area (TPSA) is 73.8 Å². The Labute approximate surface area is 221 Å². The number of amides is 2. The van der Waals surface area contributed by atoms with Gasteiger partial charge in [-0.3, -0.25) is 0 Å². The average molecular weight is 524 g/mol. The highest BCUT2D eigenvalue weighted by Crippen LogP contribution is 2.41. The molecule has 0 radical (unpaired) electrons. The van der Waals surface area contributed by atoms with Gasteiger partial charge in [0.25, 0.3) is 0 Å². The first-order chi connectivity index (χ1) is 17.8. The van der Waals surface area contributed by atoms with Crippen molar-refractivity contribution in [2.75, 3.05) is 40.4 Å². The van der Waals surface area contributed by atoms with Crippen LogP contribution in [0.15, 0.2) is 18.2 Å². The summed E-state index contributed by atoms with van der Waals surface area (Å²) in [6, 6.07) is 3.87. The van der Waals surface area contributed by atoms with Gasteiger partial charge in [0, 0.05) is 50.9 Å². The van der Waals surface area contributed by atoms with Gasteiger partial charge < -0.3 is 25.4 Å². The number of hydrogen-bond acceptors (Lipinski definition) is 4. The molecule has 3 unspecified atom stereocenters. The van der Waals surface area contributed by atoms with E-state index in [1.165, 1.54) is 37.8 Å². The first kappa shape index (κ1) is 29.8. The highest BCUT2D eigenvalue weighted by molar-refractivity contribution is 5.74. The number of benzene rings is 1. The molecule has 1 saturated carbocycles. The Hall–Kier alpha value is -1.77. The zero-order valence-electron chi connectivity index (χ0n) is 22.9. The summed E-state index contributed by atoms with van der Waals surface area (Å²) in [7, 11) is 3.52. The lowest BCUT2D eigenvalue weighted by atomic mass is 9.74. The highest BCUT2D eigenvalue weighted by Gasteiger charge is 2.43. The number of nitrogens with one attached hydrogen (secondary N) is 2. The monoisotopic (exact) mass is 523 g/mol. The van der Waals surface area contributed by atoms with E-state index in [1.54, 1.807) is 12.0 Å². The summed E-state index contributed by atoms with van der Waals surface area (Å²) in [5, 5.41) is 18.3. The van der Waals surface area contributed by atoms with E-state index in [2.05, 4.69) is 17.6 Å². The van der Waals surface area contributed by atoms with Crippen molar-refractivity contribution in [3.63, 3.8) is 0 Å². The number of halogens is 2. The van der Waals surface area contributed by atoms with E-state index >= 15 is 0 Å². The summed E-state index contributed by atoms with van der Waals surface area (Å²) in [5.41, 5.74) is -1.58. The fourth-order valence-corrected chi connectivity index (χ4v) is 6.26. The number of rotatable bonds is 12. The Kier molecular flexibility index (Phi) is 11.6. The number of aliphatic hydroxyl groups is 1. The summed E-state index contributed by atoms with van der Waals surface area (Å²) < 4.78 is 34.2. The van der Waals surface area contributed by atoms with E-state index in [4.69, 9.17) is 4.74 Å². The van der Waals surface area contributed by atoms with Crippen LogP contribution >= 0.6 is 0 Å². The van der Waals surface area contributed by atoms with Gasteiger partial charge in [-0.15, -0.1) is 0 Å². The number of urea groups is 1. The number of hydrogen-bond donors (Lipinski definition) is 3. The minimum atomic E-state index is -1.57. The predicted molar refractivity (Wildman–Crippen MR) is 142 cm³/mol. The number of methoxy groups -OCH3 is 1. The molecule has 2 fully saturated rings. The molecule has 1 aliphatic heterocycles. The standard InChI is InChI=1S/C29H47F2N3O3/c1-21-11-13-22(14-12-21)18-24(19-32-2)33-28(35)34-16-7-8-23(20-34)29(36,15-4-5-17-37-3)25-9-6-10-26(30)27(25)31/h6,9-10,21-24,32,36H,4-5,7-8,11-20H2,1-3H3,(H,33,35). The first-order valence-corrected chi connectivity index (χ1v) is 14.1. The summed E-state index contributed by atoms with van der Waals surface area (Å²) in [4.78, 5) is 15.1. The van der Waals surface area contributed by atoms with Crippen LogP contribution in [0, 0.1) is 29.4 Å². The van der Waals surface area contributed by atoms with Crippen LogP contribution in [-0.4, -0.2) is 62.5 Å². The highest BCUT2D eigenvalue weighted by atomic mass is 19.2. The molecule has 1 aromatic carbocycles. The van der Waals surface area contributed by atoms with Gasteiger partial charge in [0.2, 0.25) is 0 Å². The lowest BCUT2D eigenvalue weighted by Crippen LogP contribution is -2.54. The third kappa shape index (κ3) is 8.11. The van der Waals surface area contributed by atoms with Crippen LogP contribution < -0.4 is 10.6 Å². The van der Waals surface area contributed by atoms with Crippen LogP contribution in [0.5, 0.6) is 0 Å². The molecule has 6 nitrogen and oxygen atoms in total. The summed E-state index contributed by atoms with van der Waals surface area (Å²) >= 11 is 0. The molecule has 37 heavy (non-hydrogen) atoms. The molecule has 8 heteroatoms. The smallest absolute Gasteiger partial charge is 0.317 e. The van der Waals surface area contributed by atoms with Crippen LogP contribution in [0.2, 0.25) is 0 Å². The molecule has 2 aliphatic rings. The van der Waals surface area contributed by atoms with Crippen LogP contribution in [0.3, 0.4) is 0 Å². The van der Waals surface area contributed by atoms with E-state index in [0.29, 0.717) is 57.8 Å². The van der Waals surface area contributed by atoms with E-state index in [1.807, 2.05) is 7.05 Å². The van der Waals surface area contributed by atoms with Crippen molar-refractivity contribution in [2.45, 2.75) is 82.8 Å². The number of likely N-dealkylation sites (tertiary alicyclic amines) is 1. The van der Waals surface area contributed by atoms with Crippen molar-refractivity contribution < 1.29 is 23.4 Å². The molecule has 0 aromatic heterocycles. The lowest BCUT2D eigenvalue weighted by Gasteiger charge is -2.43. The molecule has 210 valence electrons. The zero-order valence-corrected chi connectivity index (χ0v) is 22.9. The van der Waals surface area contributed by atoms with E-state index in [0.717, 1.165) is 18.4 Å². The maximum absolute atomic E-state index is 14.9. The molecule has 0 spiro atoms. The van der Waals surface area contributed by atoms with Gasteiger partial charge in [0.05, 0.1) is 5.60 Å². The van der Waals surface area contributed by atoms with Crippen molar-refractivity contribution in [1.82, 2.24) is 15.5 Å². The first-order valence-electron chi connectivity index (χ1n) is 14.1. The second kappa shape index (κ2) is 14.4. The Morgan fingerprint density at radius 1 is 1.22 bits per heavy atom. The van der Waals surface area contributed by atoms with Gasteiger partial charge in [-0.05, 0) is 63.5 Å². The number of piperidine rings is 1. The molecule has 1 saturated heterocycles. The number of carbonyl (C=O) groups is 1. The van der Waals surface area contributed by atoms with Crippen LogP contribution in [-0.2, 0) is 10.3 Å². The predicted octanol–water partition coefficient (Wildman–Crippen LogP) is 5.20. The van der Waals surface area contributed by atoms with Crippen LogP contribution in [0.1, 0.15) is 76.7 Å². The van der Waals surface area contributed by atoms with Crippen molar-refractivity contribution in [3.05, 3.63) is 35.4 Å². The van der Waals surface area contributed by atoms with Crippen molar-refractivity contribution in [3.8, 4) is 0 Å². The van der Waals surface area contributed by atoms with E-state index in [9.17, 15) is 18.7 Å². The van der Waals surface area contributed by atoms with E-state index in [-0.39, 0.29) is 24.1 Å². The van der Waals surface area contributed by atoms with Crippen molar-refractivity contribution in [1.29, 1.82) is 0 Å². The third-order valence-corrected chi connectivity index (χ3v) is 8.49. The number of likely N-dealkylation sites (N-methyl/N-ethyl adjacent to an activating group) is 1. The fraction of sp³-hybridized carbons (Fsp3) is 0.759. The zero-order chi connectivity index (χ0) is 26.8. The molecule has 0 bridgehead atoms. The number of nitrogens with zero attached hydrogens (tertiary/aromatic N) is 1. The Bertz CT molecular complexity index is 850.